The highest BCUT2D eigenvalue weighted by Crippen LogP contribution is 2.25. The Labute approximate surface area is 102 Å². The van der Waals surface area contributed by atoms with Crippen LogP contribution < -0.4 is 4.74 Å². The Morgan fingerprint density at radius 1 is 1.18 bits per heavy atom. The number of aryl methyl sites for hydroxylation is 1. The van der Waals surface area contributed by atoms with Gasteiger partial charge in [-0.2, -0.15) is 0 Å². The van der Waals surface area contributed by atoms with E-state index in [0.29, 0.717) is 18.6 Å². The minimum Gasteiger partial charge on any atom is -0.478 e. The van der Waals surface area contributed by atoms with E-state index in [-0.39, 0.29) is 0 Å². The maximum absolute atomic E-state index is 11.3. The molecule has 3 heteroatoms. The van der Waals surface area contributed by atoms with Crippen LogP contribution in [-0.4, -0.2) is 16.7 Å². The lowest BCUT2D eigenvalue weighted by molar-refractivity contribution is -0.156. The zero-order valence-corrected chi connectivity index (χ0v) is 10.7. The van der Waals surface area contributed by atoms with E-state index in [1.807, 2.05) is 38.1 Å². The Balaban J connectivity index is 2.89. The number of ether oxygens (including phenoxy) is 1. The van der Waals surface area contributed by atoms with Crippen LogP contribution in [0.2, 0.25) is 0 Å². The van der Waals surface area contributed by atoms with Crippen molar-refractivity contribution in [3.8, 4) is 5.75 Å². The quantitative estimate of drug-likeness (QED) is 0.824. The van der Waals surface area contributed by atoms with Crippen molar-refractivity contribution in [1.29, 1.82) is 0 Å². The standard InChI is InChI=1S/C14H20O3/c1-4-11-7-9-12(10-8-11)17-14(5-2,6-3)13(15)16/h7-10H,4-6H2,1-3H3,(H,15,16). The highest BCUT2D eigenvalue weighted by molar-refractivity contribution is 5.77. The van der Waals surface area contributed by atoms with Gasteiger partial charge in [0, 0.05) is 0 Å². The molecule has 17 heavy (non-hydrogen) atoms. The minimum absolute atomic E-state index is 0.453. The number of rotatable bonds is 6. The molecule has 0 spiro atoms. The maximum Gasteiger partial charge on any atom is 0.348 e. The lowest BCUT2D eigenvalue weighted by Crippen LogP contribution is -2.43. The largest absolute Gasteiger partial charge is 0.478 e. The van der Waals surface area contributed by atoms with Crippen molar-refractivity contribution in [1.82, 2.24) is 0 Å². The Morgan fingerprint density at radius 3 is 2.06 bits per heavy atom. The molecule has 1 aromatic rings. The van der Waals surface area contributed by atoms with Crippen molar-refractivity contribution in [3.63, 3.8) is 0 Å². The number of hydrogen-bond acceptors (Lipinski definition) is 2. The summed E-state index contributed by atoms with van der Waals surface area (Å²) in [4.78, 5) is 11.3. The third kappa shape index (κ3) is 2.99. The van der Waals surface area contributed by atoms with Crippen LogP contribution >= 0.6 is 0 Å². The van der Waals surface area contributed by atoms with Crippen molar-refractivity contribution in [2.75, 3.05) is 0 Å². The zero-order valence-electron chi connectivity index (χ0n) is 10.7. The van der Waals surface area contributed by atoms with Crippen LogP contribution in [0.1, 0.15) is 39.2 Å². The molecule has 0 amide bonds. The van der Waals surface area contributed by atoms with E-state index >= 15 is 0 Å². The lowest BCUT2D eigenvalue weighted by Gasteiger charge is -2.28. The van der Waals surface area contributed by atoms with Crippen molar-refractivity contribution in [2.24, 2.45) is 0 Å². The van der Waals surface area contributed by atoms with E-state index < -0.39 is 11.6 Å². The fourth-order valence-electron chi connectivity index (χ4n) is 1.76. The van der Waals surface area contributed by atoms with E-state index in [1.54, 1.807) is 0 Å². The third-order valence-electron chi connectivity index (χ3n) is 3.18. The van der Waals surface area contributed by atoms with Crippen molar-refractivity contribution < 1.29 is 14.6 Å². The Hall–Kier alpha value is -1.51. The van der Waals surface area contributed by atoms with Crippen LogP contribution in [0.4, 0.5) is 0 Å². The van der Waals surface area contributed by atoms with E-state index in [1.165, 1.54) is 5.56 Å². The molecule has 1 N–H and O–H groups in total. The summed E-state index contributed by atoms with van der Waals surface area (Å²) in [5.74, 6) is -0.282. The smallest absolute Gasteiger partial charge is 0.348 e. The van der Waals surface area contributed by atoms with Gasteiger partial charge in [-0.05, 0) is 37.0 Å². The molecule has 0 aliphatic carbocycles. The van der Waals surface area contributed by atoms with Gasteiger partial charge in [-0.3, -0.25) is 0 Å². The molecule has 3 nitrogen and oxygen atoms in total. The minimum atomic E-state index is -1.10. The van der Waals surface area contributed by atoms with Gasteiger partial charge >= 0.3 is 5.97 Å². The van der Waals surface area contributed by atoms with Crippen LogP contribution in [0.25, 0.3) is 0 Å². The van der Waals surface area contributed by atoms with Gasteiger partial charge in [0.15, 0.2) is 0 Å². The third-order valence-corrected chi connectivity index (χ3v) is 3.18. The van der Waals surface area contributed by atoms with Crippen LogP contribution in [0.3, 0.4) is 0 Å². The fourth-order valence-corrected chi connectivity index (χ4v) is 1.76. The predicted molar refractivity (Wildman–Crippen MR) is 67.4 cm³/mol. The molecule has 0 atom stereocenters. The first-order valence-electron chi connectivity index (χ1n) is 6.09. The molecular formula is C14H20O3. The molecule has 0 bridgehead atoms. The molecule has 1 aromatic carbocycles. The van der Waals surface area contributed by atoms with Crippen LogP contribution in [0.15, 0.2) is 24.3 Å². The van der Waals surface area contributed by atoms with Gasteiger partial charge in [0.05, 0.1) is 0 Å². The normalized spacial score (nSPS) is 11.2. The summed E-state index contributed by atoms with van der Waals surface area (Å²) < 4.78 is 5.66. The number of carbonyl (C=O) groups is 1. The summed E-state index contributed by atoms with van der Waals surface area (Å²) in [5.41, 5.74) is 0.111. The molecule has 0 fully saturated rings. The van der Waals surface area contributed by atoms with E-state index in [2.05, 4.69) is 6.92 Å². The summed E-state index contributed by atoms with van der Waals surface area (Å²) in [5, 5.41) is 9.26. The summed E-state index contributed by atoms with van der Waals surface area (Å²) in [7, 11) is 0. The first-order chi connectivity index (χ1) is 8.07. The van der Waals surface area contributed by atoms with Gasteiger partial charge < -0.3 is 9.84 Å². The van der Waals surface area contributed by atoms with Crippen LogP contribution in [0, 0.1) is 0 Å². The SMILES string of the molecule is CCc1ccc(OC(CC)(CC)C(=O)O)cc1. The lowest BCUT2D eigenvalue weighted by atomic mass is 9.97. The molecule has 0 radical (unpaired) electrons. The van der Waals surface area contributed by atoms with Crippen molar-refractivity contribution in [3.05, 3.63) is 29.8 Å². The number of benzene rings is 1. The monoisotopic (exact) mass is 236 g/mol. The highest BCUT2D eigenvalue weighted by Gasteiger charge is 2.37. The van der Waals surface area contributed by atoms with Gasteiger partial charge in [-0.1, -0.05) is 32.9 Å². The topological polar surface area (TPSA) is 46.5 Å². The maximum atomic E-state index is 11.3. The number of hydrogen-bond donors (Lipinski definition) is 1. The molecule has 1 rings (SSSR count). The molecule has 94 valence electrons. The zero-order chi connectivity index (χ0) is 12.9. The molecular weight excluding hydrogens is 216 g/mol. The second-order valence-electron chi connectivity index (χ2n) is 4.11. The second kappa shape index (κ2) is 5.71. The van der Waals surface area contributed by atoms with Gasteiger partial charge in [-0.15, -0.1) is 0 Å². The number of carboxylic acid groups (broad SMARTS) is 1. The van der Waals surface area contributed by atoms with Gasteiger partial charge in [0.25, 0.3) is 0 Å². The van der Waals surface area contributed by atoms with Gasteiger partial charge in [-0.25, -0.2) is 4.79 Å². The summed E-state index contributed by atoms with van der Waals surface area (Å²) in [6, 6.07) is 7.60. The molecule has 0 aliphatic rings. The fraction of sp³-hybridized carbons (Fsp3) is 0.500. The Morgan fingerprint density at radius 2 is 1.71 bits per heavy atom. The summed E-state index contributed by atoms with van der Waals surface area (Å²) in [6.45, 7) is 5.74. The highest BCUT2D eigenvalue weighted by atomic mass is 16.5. The molecule has 0 saturated heterocycles. The van der Waals surface area contributed by atoms with Crippen LogP contribution in [-0.2, 0) is 11.2 Å². The molecule has 0 heterocycles. The molecule has 0 aromatic heterocycles. The number of aliphatic carboxylic acids is 1. The average molecular weight is 236 g/mol. The molecule has 0 aliphatic heterocycles. The Bertz CT molecular complexity index is 364. The number of carboxylic acids is 1. The molecule has 0 saturated carbocycles. The van der Waals surface area contributed by atoms with Gasteiger partial charge in [0.1, 0.15) is 5.75 Å². The van der Waals surface area contributed by atoms with Crippen molar-refractivity contribution in [2.45, 2.75) is 45.6 Å². The molecule has 0 unspecified atom stereocenters. The Kier molecular flexibility index (Phi) is 4.55. The second-order valence-corrected chi connectivity index (χ2v) is 4.11. The van der Waals surface area contributed by atoms with E-state index in [4.69, 9.17) is 4.74 Å². The van der Waals surface area contributed by atoms with Gasteiger partial charge in [0.2, 0.25) is 5.60 Å². The van der Waals surface area contributed by atoms with Crippen molar-refractivity contribution >= 4 is 5.97 Å². The average Bonchev–Trinajstić information content (AvgIpc) is 2.36. The summed E-state index contributed by atoms with van der Waals surface area (Å²) in [6.07, 6.45) is 1.87. The first kappa shape index (κ1) is 13.6. The first-order valence-corrected chi connectivity index (χ1v) is 6.09. The van der Waals surface area contributed by atoms with Crippen LogP contribution in [0.5, 0.6) is 5.75 Å². The summed E-state index contributed by atoms with van der Waals surface area (Å²) >= 11 is 0. The van der Waals surface area contributed by atoms with E-state index in [0.717, 1.165) is 6.42 Å². The predicted octanol–water partition coefficient (Wildman–Crippen LogP) is 3.27. The van der Waals surface area contributed by atoms with E-state index in [9.17, 15) is 9.90 Å².